The second-order valence-corrected chi connectivity index (χ2v) is 11.4. The number of nitrogens with one attached hydrogen (secondary N) is 3. The van der Waals surface area contributed by atoms with Crippen LogP contribution in [0.1, 0.15) is 70.4 Å². The molecule has 0 amide bonds. The minimum absolute atomic E-state index is 0. The van der Waals surface area contributed by atoms with Crippen molar-refractivity contribution < 1.29 is 108 Å². The smallest absolute Gasteiger partial charge is 0.335 e. The van der Waals surface area contributed by atoms with Crippen LogP contribution in [-0.4, -0.2) is 62.2 Å². The van der Waals surface area contributed by atoms with Crippen molar-refractivity contribution in [3.05, 3.63) is 29.6 Å². The zero-order chi connectivity index (χ0) is 33.0. The average Bonchev–Trinajstić information content (AvgIpc) is 2.82. The molecule has 0 saturated heterocycles. The Bertz CT molecular complexity index is 727. The molecule has 1 aromatic heterocycles. The molecule has 1 aliphatic rings. The van der Waals surface area contributed by atoms with E-state index in [-0.39, 0.29) is 16.5 Å². The van der Waals surface area contributed by atoms with Gasteiger partial charge in [0.1, 0.15) is 0 Å². The molecule has 2 rings (SSSR count). The Balaban J connectivity index is -0.000000826. The van der Waals surface area contributed by atoms with E-state index in [0.29, 0.717) is 12.1 Å². The minimum Gasteiger partial charge on any atom is -0.335 e. The molecule has 2 bridgehead atoms. The summed E-state index contributed by atoms with van der Waals surface area (Å²) in [5.74, 6) is 0. The summed E-state index contributed by atoms with van der Waals surface area (Å²) in [4.78, 5) is 9.26. The SMILES string of the molecule is CC[NH+](CC)CCCN1CCCN[C@@H](C)c2cccc(n2)[C@@H](C)NCCC1.[Ni+2].[O-][Cl+3]([O-])([O-])[O-].[O-][Cl+3]([O-])([O-])[O-].[O-][Cl+3]([O-])([O-])[O-]. The number of hydrogen-bond donors (Lipinski definition) is 3. The maximum atomic E-state index is 8.49. The number of halogens is 3. The molecule has 258 valence electrons. The van der Waals surface area contributed by atoms with Crippen molar-refractivity contribution in [1.29, 1.82) is 0 Å². The van der Waals surface area contributed by atoms with Crippen LogP contribution in [0.15, 0.2) is 18.2 Å². The largest absolute Gasteiger partial charge is 2.00 e. The molecule has 2 heterocycles. The van der Waals surface area contributed by atoms with Gasteiger partial charge in [-0.15, -0.1) is 30.7 Å². The van der Waals surface area contributed by atoms with Gasteiger partial charge < -0.3 is 20.4 Å². The molecule has 0 aliphatic carbocycles. The van der Waals surface area contributed by atoms with Crippen LogP contribution in [0.25, 0.3) is 0 Å². The summed E-state index contributed by atoms with van der Waals surface area (Å²) in [6.07, 6.45) is 3.71. The zero-order valence-electron chi connectivity index (χ0n) is 24.4. The van der Waals surface area contributed by atoms with E-state index in [9.17, 15) is 0 Å². The average molecular weight is 734 g/mol. The van der Waals surface area contributed by atoms with Gasteiger partial charge in [-0.2, -0.15) is 0 Å². The van der Waals surface area contributed by atoms with Gasteiger partial charge in [0.15, 0.2) is 0 Å². The van der Waals surface area contributed by atoms with Crippen molar-refractivity contribution >= 4 is 0 Å². The number of rotatable bonds is 6. The summed E-state index contributed by atoms with van der Waals surface area (Å²) < 4.78 is 102. The molecule has 0 radical (unpaired) electrons. The van der Waals surface area contributed by atoms with E-state index in [1.54, 1.807) is 4.90 Å². The number of quaternary nitrogens is 1. The van der Waals surface area contributed by atoms with Crippen molar-refractivity contribution in [2.75, 3.05) is 52.4 Å². The van der Waals surface area contributed by atoms with Gasteiger partial charge >= 0.3 is 16.5 Å². The summed E-state index contributed by atoms with van der Waals surface area (Å²) in [7, 11) is -14.8. The minimum atomic E-state index is -4.94. The first kappa shape index (κ1) is 47.3. The van der Waals surface area contributed by atoms with Crippen LogP contribution < -0.4 is 71.4 Å². The maximum Gasteiger partial charge on any atom is 2.00 e. The number of pyridine rings is 1. The van der Waals surface area contributed by atoms with Crippen LogP contribution in [-0.2, 0) is 16.5 Å². The van der Waals surface area contributed by atoms with E-state index in [4.69, 9.17) is 60.9 Å². The third-order valence-electron chi connectivity index (χ3n) is 5.89. The molecule has 0 aromatic carbocycles. The van der Waals surface area contributed by atoms with Gasteiger partial charge in [-0.25, -0.2) is 55.9 Å². The fourth-order valence-corrected chi connectivity index (χ4v) is 3.89. The number of fused-ring (bicyclic) bond motifs is 2. The number of aromatic nitrogens is 1. The van der Waals surface area contributed by atoms with Crippen molar-refractivity contribution in [3.8, 4) is 0 Å². The summed E-state index contributed by atoms with van der Waals surface area (Å²) in [5.41, 5.74) is 2.30. The molecule has 2 atom stereocenters. The molecular weight excluding hydrogens is 691 g/mol. The first-order chi connectivity index (χ1) is 19.1. The Labute approximate surface area is 268 Å². The molecule has 17 nitrogen and oxygen atoms in total. The predicted octanol–water partition coefficient (Wildman–Crippen LogP) is -12.5. The molecule has 1 aliphatic heterocycles. The molecule has 3 N–H and O–H groups in total. The van der Waals surface area contributed by atoms with Gasteiger partial charge in [0.2, 0.25) is 0 Å². The second kappa shape index (κ2) is 25.0. The zero-order valence-corrected chi connectivity index (χ0v) is 27.7. The topological polar surface area (TPSA) is 321 Å². The van der Waals surface area contributed by atoms with Crippen molar-refractivity contribution in [1.82, 2.24) is 20.5 Å². The van der Waals surface area contributed by atoms with Crippen LogP contribution in [0.2, 0.25) is 0 Å². The monoisotopic (exact) mass is 731 g/mol. The Hall–Kier alpha value is -0.126. The fourth-order valence-electron chi connectivity index (χ4n) is 3.89. The summed E-state index contributed by atoms with van der Waals surface area (Å²) in [6, 6.07) is 7.03. The second-order valence-electron chi connectivity index (χ2n) is 9.08. The third-order valence-corrected chi connectivity index (χ3v) is 5.89. The summed E-state index contributed by atoms with van der Waals surface area (Å²) in [6.45, 7) is 18.5. The van der Waals surface area contributed by atoms with Crippen LogP contribution in [0, 0.1) is 30.7 Å². The third kappa shape index (κ3) is 38.0. The van der Waals surface area contributed by atoms with Crippen molar-refractivity contribution in [2.45, 2.75) is 59.0 Å². The van der Waals surface area contributed by atoms with Gasteiger partial charge in [-0.1, -0.05) is 6.07 Å². The van der Waals surface area contributed by atoms with E-state index >= 15 is 0 Å². The Morgan fingerprint density at radius 3 is 1.42 bits per heavy atom. The van der Waals surface area contributed by atoms with E-state index in [1.165, 1.54) is 58.5 Å². The van der Waals surface area contributed by atoms with E-state index in [0.717, 1.165) is 24.5 Å². The quantitative estimate of drug-likeness (QED) is 0.229. The number of nitrogens with zero attached hydrogens (tertiary/aromatic N) is 2. The Kier molecular flexibility index (Phi) is 27.5. The van der Waals surface area contributed by atoms with Gasteiger partial charge in [0.25, 0.3) is 0 Å². The number of hydrogen-bond acceptors (Lipinski definition) is 16. The maximum absolute atomic E-state index is 8.49. The molecule has 21 heteroatoms. The van der Waals surface area contributed by atoms with Crippen LogP contribution >= 0.6 is 0 Å². The molecule has 0 fully saturated rings. The molecule has 1 aromatic rings. The first-order valence-electron chi connectivity index (χ1n) is 13.0. The predicted molar refractivity (Wildman–Crippen MR) is 114 cm³/mol. The molecule has 43 heavy (non-hydrogen) atoms. The Morgan fingerprint density at radius 2 is 1.09 bits per heavy atom. The van der Waals surface area contributed by atoms with Crippen LogP contribution in [0.4, 0.5) is 0 Å². The first-order valence-corrected chi connectivity index (χ1v) is 16.7. The summed E-state index contributed by atoms with van der Waals surface area (Å²) in [5, 5.41) is 7.32. The normalized spacial score (nSPS) is 18.8. The van der Waals surface area contributed by atoms with Crippen molar-refractivity contribution in [2.24, 2.45) is 0 Å². The van der Waals surface area contributed by atoms with E-state index in [1.807, 2.05) is 0 Å². The molecular formula is C22H42Cl3N5NiO12. The van der Waals surface area contributed by atoms with Crippen LogP contribution in [0.3, 0.4) is 0 Å². The van der Waals surface area contributed by atoms with E-state index < -0.39 is 30.7 Å². The van der Waals surface area contributed by atoms with Gasteiger partial charge in [-0.05, 0) is 78.8 Å². The van der Waals surface area contributed by atoms with Crippen molar-refractivity contribution in [3.63, 3.8) is 0 Å². The molecule has 0 unspecified atom stereocenters. The molecule has 0 spiro atoms. The molecule has 0 saturated carbocycles. The van der Waals surface area contributed by atoms with Gasteiger partial charge in [-0.3, -0.25) is 4.98 Å². The standard InChI is InChI=1S/C22H41N5.3ClHO4.Ni/c1-5-26(6-2)17-10-18-27-15-8-13-23-19(3)21-11-7-12-22(25-21)20(4)24-14-9-16-27;3*2-1(3,4)5;/h7,11-12,19-20,23-24H,5-6,8-10,13-18H2,1-4H3;3*(H,2,3,4,5);/q;;;;+2/p-2/t19-,20+;;;;. The summed E-state index contributed by atoms with van der Waals surface area (Å²) >= 11 is 0. The van der Waals surface area contributed by atoms with Crippen LogP contribution in [0.5, 0.6) is 0 Å². The van der Waals surface area contributed by atoms with Gasteiger partial charge in [0.05, 0.1) is 31.0 Å². The Morgan fingerprint density at radius 1 is 0.744 bits per heavy atom. The van der Waals surface area contributed by atoms with Gasteiger partial charge in [0, 0.05) is 25.0 Å². The van der Waals surface area contributed by atoms with E-state index in [2.05, 4.69) is 61.4 Å². The fraction of sp³-hybridized carbons (Fsp3) is 0.773.